The lowest BCUT2D eigenvalue weighted by Crippen LogP contribution is -2.43. The smallest absolute Gasteiger partial charge is 0.312 e. The number of nitrogens with one attached hydrogen (secondary N) is 1. The summed E-state index contributed by atoms with van der Waals surface area (Å²) in [6.45, 7) is 3.95. The number of carbonyl (C=O) groups excluding carboxylic acids is 1. The molecule has 1 aromatic rings. The number of esters is 1. The van der Waals surface area contributed by atoms with E-state index in [-0.39, 0.29) is 17.5 Å². The van der Waals surface area contributed by atoms with Crippen molar-refractivity contribution in [2.24, 2.45) is 5.41 Å². The summed E-state index contributed by atoms with van der Waals surface area (Å²) in [5.41, 5.74) is 2.30. The first-order chi connectivity index (χ1) is 10.2. The molecular formula is C18H25NO2. The van der Waals surface area contributed by atoms with Gasteiger partial charge in [-0.1, -0.05) is 31.2 Å². The van der Waals surface area contributed by atoms with E-state index >= 15 is 0 Å². The van der Waals surface area contributed by atoms with Crippen molar-refractivity contribution < 1.29 is 9.53 Å². The van der Waals surface area contributed by atoms with E-state index in [4.69, 9.17) is 4.74 Å². The molecule has 0 spiro atoms. The summed E-state index contributed by atoms with van der Waals surface area (Å²) in [7, 11) is 0. The first-order valence-electron chi connectivity index (χ1n) is 8.25. The van der Waals surface area contributed by atoms with Crippen molar-refractivity contribution in [3.8, 4) is 0 Å². The lowest BCUT2D eigenvalue weighted by molar-refractivity contribution is -0.165. The summed E-state index contributed by atoms with van der Waals surface area (Å²) in [6, 6.07) is 8.40. The predicted molar refractivity (Wildman–Crippen MR) is 83.0 cm³/mol. The number of piperidine rings is 1. The van der Waals surface area contributed by atoms with Crippen molar-refractivity contribution in [1.82, 2.24) is 5.32 Å². The third-order valence-electron chi connectivity index (χ3n) is 5.23. The number of carbonyl (C=O) groups is 1. The van der Waals surface area contributed by atoms with Crippen molar-refractivity contribution in [3.63, 3.8) is 0 Å². The highest BCUT2D eigenvalue weighted by molar-refractivity contribution is 5.77. The molecule has 1 saturated heterocycles. The van der Waals surface area contributed by atoms with Crippen LogP contribution in [0.3, 0.4) is 0 Å². The SMILES string of the molecule is CCC1(C(=O)OC2CCCc3ccccc32)CCNCC1. The molecule has 0 aromatic heterocycles. The normalized spacial score (nSPS) is 24.1. The highest BCUT2D eigenvalue weighted by Gasteiger charge is 2.40. The Morgan fingerprint density at radius 1 is 1.33 bits per heavy atom. The van der Waals surface area contributed by atoms with E-state index in [2.05, 4.69) is 30.4 Å². The molecule has 3 nitrogen and oxygen atoms in total. The Morgan fingerprint density at radius 2 is 2.10 bits per heavy atom. The van der Waals surface area contributed by atoms with Crippen LogP contribution in [-0.4, -0.2) is 19.1 Å². The van der Waals surface area contributed by atoms with Crippen molar-refractivity contribution >= 4 is 5.97 Å². The molecule has 1 aliphatic carbocycles. The van der Waals surface area contributed by atoms with Crippen LogP contribution in [-0.2, 0) is 16.0 Å². The number of hydrogen-bond donors (Lipinski definition) is 1. The molecule has 0 bridgehead atoms. The molecule has 0 amide bonds. The van der Waals surface area contributed by atoms with Crippen LogP contribution in [0.5, 0.6) is 0 Å². The van der Waals surface area contributed by atoms with Gasteiger partial charge in [0.25, 0.3) is 0 Å². The Labute approximate surface area is 127 Å². The van der Waals surface area contributed by atoms with Crippen LogP contribution in [0.1, 0.15) is 56.3 Å². The van der Waals surface area contributed by atoms with Crippen LogP contribution >= 0.6 is 0 Å². The van der Waals surface area contributed by atoms with Crippen molar-refractivity contribution in [1.29, 1.82) is 0 Å². The zero-order valence-corrected chi connectivity index (χ0v) is 12.9. The minimum Gasteiger partial charge on any atom is -0.457 e. The Bertz CT molecular complexity index is 506. The molecule has 0 radical (unpaired) electrons. The summed E-state index contributed by atoms with van der Waals surface area (Å²) >= 11 is 0. The summed E-state index contributed by atoms with van der Waals surface area (Å²) < 4.78 is 5.98. The summed E-state index contributed by atoms with van der Waals surface area (Å²) in [6.07, 6.45) is 5.81. The van der Waals surface area contributed by atoms with Crippen LogP contribution in [0.15, 0.2) is 24.3 Å². The largest absolute Gasteiger partial charge is 0.457 e. The van der Waals surface area contributed by atoms with Gasteiger partial charge in [0.1, 0.15) is 6.10 Å². The predicted octanol–water partition coefficient (Wildman–Crippen LogP) is 3.39. The van der Waals surface area contributed by atoms with Crippen molar-refractivity contribution in [3.05, 3.63) is 35.4 Å². The second kappa shape index (κ2) is 6.18. The molecule has 1 heterocycles. The maximum atomic E-state index is 12.8. The van der Waals surface area contributed by atoms with E-state index in [0.29, 0.717) is 0 Å². The van der Waals surface area contributed by atoms with Gasteiger partial charge in [0.05, 0.1) is 5.41 Å². The molecule has 1 aliphatic heterocycles. The maximum absolute atomic E-state index is 12.8. The van der Waals surface area contributed by atoms with Crippen LogP contribution in [0, 0.1) is 5.41 Å². The Hall–Kier alpha value is -1.35. The second-order valence-corrected chi connectivity index (χ2v) is 6.37. The van der Waals surface area contributed by atoms with Gasteiger partial charge >= 0.3 is 5.97 Å². The molecule has 2 aliphatic rings. The molecule has 3 rings (SSSR count). The Morgan fingerprint density at radius 3 is 2.86 bits per heavy atom. The van der Waals surface area contributed by atoms with Gasteiger partial charge in [-0.25, -0.2) is 0 Å². The molecular weight excluding hydrogens is 262 g/mol. The number of ether oxygens (including phenoxy) is 1. The maximum Gasteiger partial charge on any atom is 0.312 e. The standard InChI is InChI=1S/C18H25NO2/c1-2-18(10-12-19-13-11-18)17(20)21-16-9-5-7-14-6-3-4-8-15(14)16/h3-4,6,8,16,19H,2,5,7,9-13H2,1H3. The molecule has 114 valence electrons. The fraction of sp³-hybridized carbons (Fsp3) is 0.611. The average Bonchev–Trinajstić information content (AvgIpc) is 2.56. The molecule has 3 heteroatoms. The minimum atomic E-state index is -0.266. The molecule has 1 aromatic carbocycles. The number of fused-ring (bicyclic) bond motifs is 1. The fourth-order valence-electron chi connectivity index (χ4n) is 3.69. The van der Waals surface area contributed by atoms with E-state index in [1.165, 1.54) is 11.1 Å². The quantitative estimate of drug-likeness (QED) is 0.866. The van der Waals surface area contributed by atoms with E-state index in [0.717, 1.165) is 51.6 Å². The zero-order valence-electron chi connectivity index (χ0n) is 12.9. The molecule has 1 unspecified atom stereocenters. The summed E-state index contributed by atoms with van der Waals surface area (Å²) in [5, 5.41) is 3.34. The van der Waals surface area contributed by atoms with Gasteiger partial charge < -0.3 is 10.1 Å². The number of aryl methyl sites for hydroxylation is 1. The molecule has 1 atom stereocenters. The van der Waals surface area contributed by atoms with Gasteiger partial charge in [0, 0.05) is 0 Å². The van der Waals surface area contributed by atoms with Crippen LogP contribution < -0.4 is 5.32 Å². The zero-order chi connectivity index (χ0) is 14.7. The highest BCUT2D eigenvalue weighted by atomic mass is 16.5. The summed E-state index contributed by atoms with van der Waals surface area (Å²) in [4.78, 5) is 12.8. The van der Waals surface area contributed by atoms with Gasteiger partial charge in [0.2, 0.25) is 0 Å². The van der Waals surface area contributed by atoms with Crippen LogP contribution in [0.4, 0.5) is 0 Å². The van der Waals surface area contributed by atoms with E-state index in [9.17, 15) is 4.79 Å². The molecule has 1 N–H and O–H groups in total. The lowest BCUT2D eigenvalue weighted by Gasteiger charge is -2.36. The molecule has 0 saturated carbocycles. The van der Waals surface area contributed by atoms with E-state index < -0.39 is 0 Å². The average molecular weight is 287 g/mol. The number of rotatable bonds is 3. The number of benzene rings is 1. The molecule has 1 fully saturated rings. The first kappa shape index (κ1) is 14.6. The van der Waals surface area contributed by atoms with E-state index in [1.54, 1.807) is 0 Å². The van der Waals surface area contributed by atoms with E-state index in [1.807, 2.05) is 6.07 Å². The minimum absolute atomic E-state index is 0.0215. The van der Waals surface area contributed by atoms with Gasteiger partial charge in [0.15, 0.2) is 0 Å². The van der Waals surface area contributed by atoms with Gasteiger partial charge in [-0.05, 0) is 62.7 Å². The second-order valence-electron chi connectivity index (χ2n) is 6.37. The number of hydrogen-bond acceptors (Lipinski definition) is 3. The monoisotopic (exact) mass is 287 g/mol. The fourth-order valence-corrected chi connectivity index (χ4v) is 3.69. The van der Waals surface area contributed by atoms with Crippen LogP contribution in [0.25, 0.3) is 0 Å². The summed E-state index contributed by atoms with van der Waals surface area (Å²) in [5.74, 6) is 0.0215. The molecule has 21 heavy (non-hydrogen) atoms. The third kappa shape index (κ3) is 2.84. The van der Waals surface area contributed by atoms with Crippen molar-refractivity contribution in [2.45, 2.75) is 51.6 Å². The lowest BCUT2D eigenvalue weighted by atomic mass is 9.76. The van der Waals surface area contributed by atoms with Gasteiger partial charge in [-0.15, -0.1) is 0 Å². The topological polar surface area (TPSA) is 38.3 Å². The van der Waals surface area contributed by atoms with Crippen LogP contribution in [0.2, 0.25) is 0 Å². The van der Waals surface area contributed by atoms with Gasteiger partial charge in [-0.2, -0.15) is 0 Å². The highest BCUT2D eigenvalue weighted by Crippen LogP contribution is 2.38. The van der Waals surface area contributed by atoms with Gasteiger partial charge in [-0.3, -0.25) is 4.79 Å². The Balaban J connectivity index is 1.76. The van der Waals surface area contributed by atoms with Crippen molar-refractivity contribution in [2.75, 3.05) is 13.1 Å². The first-order valence-corrected chi connectivity index (χ1v) is 8.25. The Kier molecular flexibility index (Phi) is 4.29. The third-order valence-corrected chi connectivity index (χ3v) is 5.23.